The second-order valence-corrected chi connectivity index (χ2v) is 10.3. The minimum atomic E-state index is -4.39. The molecule has 37 heavy (non-hydrogen) atoms. The predicted octanol–water partition coefficient (Wildman–Crippen LogP) is 7.55. The van der Waals surface area contributed by atoms with Crippen molar-refractivity contribution in [2.45, 2.75) is 79.6 Å². The van der Waals surface area contributed by atoms with Crippen molar-refractivity contribution in [1.29, 1.82) is 0 Å². The molecule has 0 radical (unpaired) electrons. The molecule has 2 aromatic heterocycles. The first-order chi connectivity index (χ1) is 17.5. The summed E-state index contributed by atoms with van der Waals surface area (Å²) in [6.45, 7) is 13.0. The normalized spacial score (nSPS) is 15.9. The van der Waals surface area contributed by atoms with Crippen LogP contribution < -0.4 is 4.90 Å². The van der Waals surface area contributed by atoms with Crippen LogP contribution in [0, 0.1) is 34.6 Å². The van der Waals surface area contributed by atoms with Gasteiger partial charge in [0.15, 0.2) is 5.65 Å². The third-order valence-electron chi connectivity index (χ3n) is 7.80. The molecule has 0 bridgehead atoms. The summed E-state index contributed by atoms with van der Waals surface area (Å²) in [5.41, 5.74) is 10.1. The maximum atomic E-state index is 13.6. The van der Waals surface area contributed by atoms with E-state index >= 15 is 0 Å². The lowest BCUT2D eigenvalue weighted by Gasteiger charge is -2.41. The van der Waals surface area contributed by atoms with E-state index in [1.807, 2.05) is 24.4 Å². The Kier molecular flexibility index (Phi) is 6.29. The number of aromatic nitrogens is 3. The van der Waals surface area contributed by atoms with Gasteiger partial charge in [-0.25, -0.2) is 4.98 Å². The number of fused-ring (bicyclic) bond motifs is 3. The van der Waals surface area contributed by atoms with E-state index in [2.05, 4.69) is 38.7 Å². The summed E-state index contributed by atoms with van der Waals surface area (Å²) in [5.74, 6) is 0.932. The van der Waals surface area contributed by atoms with Crippen molar-refractivity contribution in [2.75, 3.05) is 4.90 Å². The van der Waals surface area contributed by atoms with Crippen LogP contribution in [0.2, 0.25) is 0 Å². The average Bonchev–Trinajstić information content (AvgIpc) is 3.19. The predicted molar refractivity (Wildman–Crippen MR) is 141 cm³/mol. The largest absolute Gasteiger partial charge is 0.416 e. The fourth-order valence-corrected chi connectivity index (χ4v) is 6.25. The molecule has 1 atom stereocenters. The molecular formula is C30H33F3N4. The van der Waals surface area contributed by atoms with Crippen LogP contribution in [0.1, 0.15) is 75.3 Å². The van der Waals surface area contributed by atoms with Gasteiger partial charge in [0.2, 0.25) is 0 Å². The number of halogens is 3. The Balaban J connectivity index is 1.74. The smallest absolute Gasteiger partial charge is 0.345 e. The van der Waals surface area contributed by atoms with Gasteiger partial charge in [0.05, 0.1) is 17.3 Å². The van der Waals surface area contributed by atoms with E-state index in [4.69, 9.17) is 10.1 Å². The molecule has 0 saturated carbocycles. The number of alkyl halides is 3. The Morgan fingerprint density at radius 3 is 2.46 bits per heavy atom. The zero-order chi connectivity index (χ0) is 26.6. The summed E-state index contributed by atoms with van der Waals surface area (Å²) >= 11 is 0. The minimum absolute atomic E-state index is 0.00227. The van der Waals surface area contributed by atoms with Gasteiger partial charge in [0, 0.05) is 23.9 Å². The van der Waals surface area contributed by atoms with Crippen LogP contribution in [0.3, 0.4) is 0 Å². The minimum Gasteiger partial charge on any atom is -0.345 e. The van der Waals surface area contributed by atoms with Crippen LogP contribution in [-0.2, 0) is 25.6 Å². The summed E-state index contributed by atoms with van der Waals surface area (Å²) in [4.78, 5) is 7.06. The Labute approximate surface area is 216 Å². The van der Waals surface area contributed by atoms with E-state index < -0.39 is 11.7 Å². The first-order valence-electron chi connectivity index (χ1n) is 12.9. The van der Waals surface area contributed by atoms with Crippen LogP contribution in [-0.4, -0.2) is 14.6 Å². The molecule has 4 aromatic rings. The fourth-order valence-electron chi connectivity index (χ4n) is 6.25. The summed E-state index contributed by atoms with van der Waals surface area (Å²) in [6.07, 6.45) is -1.76. The zero-order valence-corrected chi connectivity index (χ0v) is 22.3. The Morgan fingerprint density at radius 1 is 1.00 bits per heavy atom. The van der Waals surface area contributed by atoms with Gasteiger partial charge in [0.1, 0.15) is 5.82 Å². The highest BCUT2D eigenvalue weighted by atomic mass is 19.4. The van der Waals surface area contributed by atoms with Crippen LogP contribution in [0.25, 0.3) is 5.65 Å². The highest BCUT2D eigenvalue weighted by Gasteiger charge is 2.35. The van der Waals surface area contributed by atoms with Crippen LogP contribution in [0.15, 0.2) is 36.4 Å². The van der Waals surface area contributed by atoms with E-state index in [0.29, 0.717) is 12.1 Å². The van der Waals surface area contributed by atoms with Gasteiger partial charge < -0.3 is 4.90 Å². The fraction of sp³-hybridized carbons (Fsp3) is 0.400. The number of benzene rings is 2. The van der Waals surface area contributed by atoms with Gasteiger partial charge in [0.25, 0.3) is 0 Å². The lowest BCUT2D eigenvalue weighted by molar-refractivity contribution is -0.137. The number of aryl methyl sites for hydroxylation is 4. The van der Waals surface area contributed by atoms with Gasteiger partial charge in [-0.15, -0.1) is 0 Å². The maximum Gasteiger partial charge on any atom is 0.416 e. The second kappa shape index (κ2) is 9.19. The molecular weight excluding hydrogens is 473 g/mol. The molecule has 4 nitrogen and oxygen atoms in total. The quantitative estimate of drug-likeness (QED) is 0.287. The first kappa shape index (κ1) is 25.3. The standard InChI is InChI=1S/C30H33F3N4/c1-7-24-17(2)13-18(3)28(20(24)5)26-12-11-25-21(6)34-27-14-19(4)35-37(27)29(25)36(26)16-22-9-8-10-23(15-22)30(31,32)33/h8-10,13-15,26H,7,11-12,16H2,1-6H3. The van der Waals surface area contributed by atoms with Gasteiger partial charge in [-0.2, -0.15) is 22.8 Å². The zero-order valence-electron chi connectivity index (χ0n) is 22.3. The molecule has 1 unspecified atom stereocenters. The summed E-state index contributed by atoms with van der Waals surface area (Å²) < 4.78 is 42.6. The molecule has 0 saturated heterocycles. The molecule has 0 fully saturated rings. The average molecular weight is 507 g/mol. The van der Waals surface area contributed by atoms with E-state index in [1.165, 1.54) is 39.9 Å². The molecule has 194 valence electrons. The van der Waals surface area contributed by atoms with Crippen LogP contribution >= 0.6 is 0 Å². The summed E-state index contributed by atoms with van der Waals surface area (Å²) in [7, 11) is 0. The van der Waals surface area contributed by atoms with Crippen molar-refractivity contribution in [3.8, 4) is 0 Å². The second-order valence-electron chi connectivity index (χ2n) is 10.3. The van der Waals surface area contributed by atoms with Crippen molar-refractivity contribution in [3.63, 3.8) is 0 Å². The molecule has 0 amide bonds. The molecule has 1 aliphatic rings. The number of hydrogen-bond donors (Lipinski definition) is 0. The van der Waals surface area contributed by atoms with Crippen molar-refractivity contribution >= 4 is 11.5 Å². The van der Waals surface area contributed by atoms with Gasteiger partial charge in [-0.05, 0) is 99.4 Å². The maximum absolute atomic E-state index is 13.6. The first-order valence-corrected chi connectivity index (χ1v) is 12.9. The summed E-state index contributed by atoms with van der Waals surface area (Å²) in [6, 6.07) is 9.91. The molecule has 7 heteroatoms. The number of hydrogen-bond acceptors (Lipinski definition) is 3. The van der Waals surface area contributed by atoms with Gasteiger partial charge >= 0.3 is 6.18 Å². The third-order valence-corrected chi connectivity index (χ3v) is 7.80. The van der Waals surface area contributed by atoms with Crippen LogP contribution in [0.4, 0.5) is 19.0 Å². The molecule has 2 aromatic carbocycles. The molecule has 0 N–H and O–H groups in total. The van der Waals surface area contributed by atoms with Crippen molar-refractivity contribution in [1.82, 2.24) is 14.6 Å². The van der Waals surface area contributed by atoms with E-state index in [1.54, 1.807) is 6.07 Å². The SMILES string of the molecule is CCc1c(C)cc(C)c(C2CCc3c(C)nc4cc(C)nn4c3N2Cc2cccc(C(F)(F)F)c2)c1C. The van der Waals surface area contributed by atoms with Gasteiger partial charge in [-0.3, -0.25) is 0 Å². The number of rotatable bonds is 4. The van der Waals surface area contributed by atoms with E-state index in [9.17, 15) is 13.2 Å². The van der Waals surface area contributed by atoms with Crippen molar-refractivity contribution in [3.05, 3.63) is 92.3 Å². The Bertz CT molecular complexity index is 1500. The number of anilines is 1. The topological polar surface area (TPSA) is 33.4 Å². The molecule has 1 aliphatic heterocycles. The Hall–Kier alpha value is -3.35. The van der Waals surface area contributed by atoms with Crippen LogP contribution in [0.5, 0.6) is 0 Å². The monoisotopic (exact) mass is 506 g/mol. The number of nitrogens with zero attached hydrogens (tertiary/aromatic N) is 4. The molecule has 0 spiro atoms. The Morgan fingerprint density at radius 2 is 1.76 bits per heavy atom. The molecule has 3 heterocycles. The van der Waals surface area contributed by atoms with Crippen molar-refractivity contribution < 1.29 is 13.2 Å². The van der Waals surface area contributed by atoms with Gasteiger partial charge in [-0.1, -0.05) is 25.1 Å². The highest BCUT2D eigenvalue weighted by Crippen LogP contribution is 2.44. The highest BCUT2D eigenvalue weighted by molar-refractivity contribution is 5.62. The van der Waals surface area contributed by atoms with Crippen molar-refractivity contribution in [2.24, 2.45) is 0 Å². The van der Waals surface area contributed by atoms with E-state index in [-0.39, 0.29) is 6.04 Å². The molecule has 0 aliphatic carbocycles. The summed E-state index contributed by atoms with van der Waals surface area (Å²) in [5, 5.41) is 4.77. The lowest BCUT2D eigenvalue weighted by Crippen LogP contribution is -2.36. The van der Waals surface area contributed by atoms with E-state index in [0.717, 1.165) is 53.7 Å². The molecule has 5 rings (SSSR count). The third kappa shape index (κ3) is 4.38. The lowest BCUT2D eigenvalue weighted by atomic mass is 9.83.